The first-order valence-electron chi connectivity index (χ1n) is 14.9. The Kier molecular flexibility index (Phi) is 14.5. The highest BCUT2D eigenvalue weighted by Crippen LogP contribution is 2.61. The Hall–Kier alpha value is 0.274. The molecule has 0 radical (unpaired) electrons. The van der Waals surface area contributed by atoms with Gasteiger partial charge >= 0.3 is 0 Å². The van der Waals surface area contributed by atoms with Crippen LogP contribution in [0, 0.1) is 0 Å². The Morgan fingerprint density at radius 2 is 1.29 bits per heavy atom. The fraction of sp³-hybridized carbons (Fsp3) is 1.00. The minimum absolute atomic E-state index is 0.0525. The average Bonchev–Trinajstić information content (AvgIpc) is 2.78. The van der Waals surface area contributed by atoms with Crippen molar-refractivity contribution in [1.82, 2.24) is 5.32 Å². The molecule has 0 aliphatic heterocycles. The maximum Gasteiger partial charge on any atom is 0.196 e. The summed E-state index contributed by atoms with van der Waals surface area (Å²) in [6.07, 6.45) is 8.99. The summed E-state index contributed by atoms with van der Waals surface area (Å²) in [7, 11) is -4.30. The van der Waals surface area contributed by atoms with E-state index >= 15 is 0 Å². The lowest BCUT2D eigenvalue weighted by Crippen LogP contribution is -2.64. The van der Waals surface area contributed by atoms with Crippen molar-refractivity contribution in [2.45, 2.75) is 168 Å². The smallest absolute Gasteiger partial charge is 0.196 e. The Labute approximate surface area is 223 Å². The molecule has 4 nitrogen and oxygen atoms in total. The van der Waals surface area contributed by atoms with E-state index in [-0.39, 0.29) is 21.3 Å². The van der Waals surface area contributed by atoms with Crippen molar-refractivity contribution >= 4 is 16.6 Å². The van der Waals surface area contributed by atoms with E-state index in [0.717, 1.165) is 51.6 Å². The lowest BCUT2D eigenvalue weighted by atomic mass is 9.80. The molecule has 2 unspecified atom stereocenters. The van der Waals surface area contributed by atoms with Crippen molar-refractivity contribution in [1.29, 1.82) is 0 Å². The van der Waals surface area contributed by atoms with Crippen LogP contribution in [0.3, 0.4) is 0 Å². The molecule has 0 rings (SSSR count). The molecule has 0 aliphatic rings. The minimum Gasteiger partial charge on any atom is -0.412 e. The van der Waals surface area contributed by atoms with Crippen molar-refractivity contribution in [3.8, 4) is 0 Å². The number of nitrogens with one attached hydrogen (secondary N) is 1. The summed E-state index contributed by atoms with van der Waals surface area (Å²) < 4.78 is 15.0. The third kappa shape index (κ3) is 8.13. The summed E-state index contributed by atoms with van der Waals surface area (Å²) in [5.41, 5.74) is 5.42. The van der Waals surface area contributed by atoms with Crippen LogP contribution in [0.25, 0.3) is 0 Å². The topological polar surface area (TPSA) is 56.5 Å². The zero-order valence-electron chi connectivity index (χ0n) is 26.4. The van der Waals surface area contributed by atoms with Crippen LogP contribution in [0.2, 0.25) is 35.8 Å². The van der Waals surface area contributed by atoms with Gasteiger partial charge in [0.05, 0.1) is 11.2 Å². The molecule has 35 heavy (non-hydrogen) atoms. The van der Waals surface area contributed by atoms with Crippen LogP contribution in [-0.4, -0.2) is 47.5 Å². The fourth-order valence-electron chi connectivity index (χ4n) is 6.96. The summed E-state index contributed by atoms with van der Waals surface area (Å²) in [5.74, 6) is 0. The zero-order valence-corrected chi connectivity index (χ0v) is 28.4. The third-order valence-corrected chi connectivity index (χ3v) is 20.2. The lowest BCUT2D eigenvalue weighted by molar-refractivity contribution is -0.0171. The first-order chi connectivity index (χ1) is 16.1. The number of hydrogen-bond acceptors (Lipinski definition) is 4. The van der Waals surface area contributed by atoms with Gasteiger partial charge in [-0.25, -0.2) is 0 Å². The molecule has 0 bridgehead atoms. The van der Waals surface area contributed by atoms with E-state index in [1.54, 1.807) is 0 Å². The highest BCUT2D eigenvalue weighted by molar-refractivity contribution is 6.77. The monoisotopic (exact) mass is 530 g/mol. The summed E-state index contributed by atoms with van der Waals surface area (Å²) in [5, 5.41) is 3.82. The molecule has 0 aromatic rings. The van der Waals surface area contributed by atoms with Gasteiger partial charge in [0.2, 0.25) is 0 Å². The van der Waals surface area contributed by atoms with E-state index in [4.69, 9.17) is 14.6 Å². The number of hydrogen-bond donors (Lipinski definition) is 2. The van der Waals surface area contributed by atoms with Gasteiger partial charge in [-0.3, -0.25) is 0 Å². The Bertz CT molecular complexity index is 591. The number of nitrogens with two attached hydrogens (primary N) is 1. The van der Waals surface area contributed by atoms with Gasteiger partial charge < -0.3 is 19.9 Å². The van der Waals surface area contributed by atoms with Gasteiger partial charge in [0.15, 0.2) is 16.6 Å². The van der Waals surface area contributed by atoms with Crippen molar-refractivity contribution < 1.29 is 8.85 Å². The Morgan fingerprint density at radius 1 is 0.743 bits per heavy atom. The number of rotatable bonds is 20. The molecule has 2 atom stereocenters. The second-order valence-corrected chi connectivity index (χ2v) is 21.3. The van der Waals surface area contributed by atoms with Gasteiger partial charge in [-0.1, -0.05) is 67.7 Å². The van der Waals surface area contributed by atoms with Gasteiger partial charge in [-0.15, -0.1) is 0 Å². The van der Waals surface area contributed by atoms with E-state index in [0.29, 0.717) is 6.54 Å². The summed E-state index contributed by atoms with van der Waals surface area (Å²) in [6.45, 7) is 33.8. The van der Waals surface area contributed by atoms with E-state index in [1.165, 1.54) is 18.9 Å². The Balaban J connectivity index is 6.64. The van der Waals surface area contributed by atoms with Crippen molar-refractivity contribution in [3.05, 3.63) is 0 Å². The molecular formula is C29H66N2O2Si2. The third-order valence-electron chi connectivity index (χ3n) is 10.1. The molecule has 0 saturated carbocycles. The molecule has 0 aliphatic carbocycles. The predicted molar refractivity (Wildman–Crippen MR) is 163 cm³/mol. The highest BCUT2D eigenvalue weighted by Gasteiger charge is 2.61. The molecule has 0 spiro atoms. The molecule has 0 fully saturated rings. The van der Waals surface area contributed by atoms with Crippen LogP contribution in [0.1, 0.15) is 121 Å². The van der Waals surface area contributed by atoms with Crippen molar-refractivity contribution in [2.24, 2.45) is 5.73 Å². The SMILES string of the molecule is CCCC(C)(O[Si](C)(CCCNCCN)C(C)(CC)CC)C(CC)(CC)[Si](C)(C)OC(C)(C)CC. The summed E-state index contributed by atoms with van der Waals surface area (Å²) >= 11 is 0. The maximum absolute atomic E-state index is 7.84. The zero-order chi connectivity index (χ0) is 27.6. The van der Waals surface area contributed by atoms with Crippen molar-refractivity contribution in [2.75, 3.05) is 19.6 Å². The largest absolute Gasteiger partial charge is 0.412 e. The standard InChI is InChI=1S/C29H66N2O2Si2/c1-14-21-28(10,29(18-5,19-6)34(11,12)32-26(7,8)15-2)33-35(13,27(9,16-3)17-4)25-20-23-31-24-22-30/h31H,14-25,30H2,1-13H3. The van der Waals surface area contributed by atoms with Crippen molar-refractivity contribution in [3.63, 3.8) is 0 Å². The molecule has 0 heterocycles. The fourth-order valence-corrected chi connectivity index (χ4v) is 16.5. The molecule has 0 aromatic heterocycles. The average molecular weight is 531 g/mol. The first kappa shape index (κ1) is 35.3. The molecule has 0 saturated heterocycles. The Morgan fingerprint density at radius 3 is 1.69 bits per heavy atom. The predicted octanol–water partition coefficient (Wildman–Crippen LogP) is 8.63. The summed E-state index contributed by atoms with van der Waals surface area (Å²) in [6, 6.07) is 1.19. The van der Waals surface area contributed by atoms with E-state index < -0.39 is 16.6 Å². The first-order valence-corrected chi connectivity index (χ1v) is 20.4. The van der Waals surface area contributed by atoms with Gasteiger partial charge in [0.25, 0.3) is 0 Å². The second kappa shape index (κ2) is 14.4. The summed E-state index contributed by atoms with van der Waals surface area (Å²) in [4.78, 5) is 0. The van der Waals surface area contributed by atoms with Gasteiger partial charge in [0.1, 0.15) is 0 Å². The van der Waals surface area contributed by atoms with E-state index in [2.05, 4.69) is 94.2 Å². The van der Waals surface area contributed by atoms with Gasteiger partial charge in [0, 0.05) is 18.1 Å². The lowest BCUT2D eigenvalue weighted by Gasteiger charge is -2.60. The molecular weight excluding hydrogens is 465 g/mol. The quantitative estimate of drug-likeness (QED) is 0.122. The molecule has 0 aromatic carbocycles. The normalized spacial score (nSPS) is 17.3. The second-order valence-electron chi connectivity index (χ2n) is 12.7. The minimum atomic E-state index is -2.17. The molecule has 6 heteroatoms. The maximum atomic E-state index is 7.84. The van der Waals surface area contributed by atoms with Crippen LogP contribution in [-0.2, 0) is 8.85 Å². The van der Waals surface area contributed by atoms with Crippen LogP contribution in [0.5, 0.6) is 0 Å². The molecule has 212 valence electrons. The molecule has 0 amide bonds. The van der Waals surface area contributed by atoms with E-state index in [1.807, 2.05) is 0 Å². The van der Waals surface area contributed by atoms with Crippen LogP contribution >= 0.6 is 0 Å². The van der Waals surface area contributed by atoms with Crippen LogP contribution < -0.4 is 11.1 Å². The molecule has 3 N–H and O–H groups in total. The highest BCUT2D eigenvalue weighted by atomic mass is 28.4. The van der Waals surface area contributed by atoms with Crippen LogP contribution in [0.15, 0.2) is 0 Å². The van der Waals surface area contributed by atoms with Crippen LogP contribution in [0.4, 0.5) is 0 Å². The van der Waals surface area contributed by atoms with Gasteiger partial charge in [-0.2, -0.15) is 0 Å². The van der Waals surface area contributed by atoms with E-state index in [9.17, 15) is 0 Å². The van der Waals surface area contributed by atoms with Gasteiger partial charge in [-0.05, 0) is 90.1 Å².